The van der Waals surface area contributed by atoms with Gasteiger partial charge in [-0.25, -0.2) is 0 Å². The lowest BCUT2D eigenvalue weighted by molar-refractivity contribution is 0.553. The maximum absolute atomic E-state index is 3.63. The molecule has 0 aromatic heterocycles. The molecule has 0 atom stereocenters. The molecular weight excluding hydrogens is 232 g/mol. The Morgan fingerprint density at radius 2 is 1.84 bits per heavy atom. The van der Waals surface area contributed by atoms with Gasteiger partial charge in [-0.1, -0.05) is 37.8 Å². The molecule has 0 saturated heterocycles. The lowest BCUT2D eigenvalue weighted by Gasteiger charge is -2.33. The van der Waals surface area contributed by atoms with E-state index in [0.717, 1.165) is 12.6 Å². The third-order valence-electron chi connectivity index (χ3n) is 4.81. The maximum Gasteiger partial charge on any atom is 0.0610 e. The van der Waals surface area contributed by atoms with Crippen LogP contribution >= 0.6 is 0 Å². The molecular formula is C17H26N2. The Morgan fingerprint density at radius 3 is 2.63 bits per heavy atom. The highest BCUT2D eigenvalue weighted by Gasteiger charge is 2.21. The predicted octanol–water partition coefficient (Wildman–Crippen LogP) is 4.20. The van der Waals surface area contributed by atoms with Crippen molar-refractivity contribution in [3.8, 4) is 0 Å². The van der Waals surface area contributed by atoms with Gasteiger partial charge in [-0.3, -0.25) is 0 Å². The van der Waals surface area contributed by atoms with Crippen LogP contribution in [0.5, 0.6) is 0 Å². The van der Waals surface area contributed by atoms with E-state index in [1.54, 1.807) is 0 Å². The van der Waals surface area contributed by atoms with Crippen LogP contribution in [-0.4, -0.2) is 19.6 Å². The number of nitrogens with zero attached hydrogens (tertiary/aromatic N) is 1. The highest BCUT2D eigenvalue weighted by Crippen LogP contribution is 2.35. The van der Waals surface area contributed by atoms with Crippen molar-refractivity contribution in [1.82, 2.24) is 0 Å². The van der Waals surface area contributed by atoms with Crippen LogP contribution in [0.1, 0.15) is 50.5 Å². The molecule has 1 aromatic carbocycles. The smallest absolute Gasteiger partial charge is 0.0610 e. The second-order valence-corrected chi connectivity index (χ2v) is 6.10. The SMILES string of the molecule is CN(c1cccc2c1NCCC2)C1CCCCCC1. The van der Waals surface area contributed by atoms with Crippen LogP contribution in [0.4, 0.5) is 11.4 Å². The van der Waals surface area contributed by atoms with Crippen LogP contribution in [0.15, 0.2) is 18.2 Å². The van der Waals surface area contributed by atoms with Crippen molar-refractivity contribution >= 4 is 11.4 Å². The summed E-state index contributed by atoms with van der Waals surface area (Å²) < 4.78 is 0. The number of nitrogens with one attached hydrogen (secondary N) is 1. The van der Waals surface area contributed by atoms with Gasteiger partial charge in [0, 0.05) is 19.6 Å². The second-order valence-electron chi connectivity index (χ2n) is 6.10. The number of anilines is 2. The van der Waals surface area contributed by atoms with Crippen LogP contribution in [-0.2, 0) is 6.42 Å². The summed E-state index contributed by atoms with van der Waals surface area (Å²) in [7, 11) is 2.29. The first kappa shape index (κ1) is 12.8. The molecule has 1 N–H and O–H groups in total. The summed E-state index contributed by atoms with van der Waals surface area (Å²) in [6.07, 6.45) is 10.9. The fourth-order valence-corrected chi connectivity index (χ4v) is 3.63. The van der Waals surface area contributed by atoms with E-state index in [1.807, 2.05) is 0 Å². The predicted molar refractivity (Wildman–Crippen MR) is 83.1 cm³/mol. The molecule has 0 unspecified atom stereocenters. The molecule has 1 heterocycles. The molecule has 1 saturated carbocycles. The topological polar surface area (TPSA) is 15.3 Å². The molecule has 2 aliphatic rings. The molecule has 19 heavy (non-hydrogen) atoms. The first-order valence-electron chi connectivity index (χ1n) is 7.95. The molecule has 3 rings (SSSR count). The molecule has 1 aromatic rings. The van der Waals surface area contributed by atoms with E-state index in [9.17, 15) is 0 Å². The fourth-order valence-electron chi connectivity index (χ4n) is 3.63. The third kappa shape index (κ3) is 2.72. The minimum atomic E-state index is 0.734. The van der Waals surface area contributed by atoms with E-state index >= 15 is 0 Å². The number of rotatable bonds is 2. The van der Waals surface area contributed by atoms with Crippen LogP contribution in [0.2, 0.25) is 0 Å². The van der Waals surface area contributed by atoms with Gasteiger partial charge in [0.2, 0.25) is 0 Å². The van der Waals surface area contributed by atoms with Crippen LogP contribution in [0.3, 0.4) is 0 Å². The van der Waals surface area contributed by atoms with Crippen LogP contribution < -0.4 is 10.2 Å². The van der Waals surface area contributed by atoms with Gasteiger partial charge in [-0.2, -0.15) is 0 Å². The summed E-state index contributed by atoms with van der Waals surface area (Å²) in [4.78, 5) is 2.54. The van der Waals surface area contributed by atoms with Crippen molar-refractivity contribution in [2.45, 2.75) is 57.4 Å². The standard InChI is InChI=1S/C17H26N2/c1-19(15-10-4-2-3-5-11-15)16-12-6-8-14-9-7-13-18-17(14)16/h6,8,12,15,18H,2-5,7,9-11,13H2,1H3. The van der Waals surface area contributed by atoms with Crippen molar-refractivity contribution in [3.63, 3.8) is 0 Å². The van der Waals surface area contributed by atoms with Crippen molar-refractivity contribution in [2.75, 3.05) is 23.8 Å². The Morgan fingerprint density at radius 1 is 1.05 bits per heavy atom. The van der Waals surface area contributed by atoms with Gasteiger partial charge in [0.25, 0.3) is 0 Å². The van der Waals surface area contributed by atoms with Gasteiger partial charge in [-0.15, -0.1) is 0 Å². The molecule has 0 amide bonds. The summed E-state index contributed by atoms with van der Waals surface area (Å²) in [5.74, 6) is 0. The first-order valence-corrected chi connectivity index (χ1v) is 7.95. The Labute approximate surface area is 117 Å². The van der Waals surface area contributed by atoms with Gasteiger partial charge < -0.3 is 10.2 Å². The molecule has 0 spiro atoms. The minimum absolute atomic E-state index is 0.734. The third-order valence-corrected chi connectivity index (χ3v) is 4.81. The van der Waals surface area contributed by atoms with E-state index in [0.29, 0.717) is 0 Å². The summed E-state index contributed by atoms with van der Waals surface area (Å²) in [5.41, 5.74) is 4.33. The lowest BCUT2D eigenvalue weighted by atomic mass is 10.00. The highest BCUT2D eigenvalue weighted by molar-refractivity contribution is 5.74. The number of fused-ring (bicyclic) bond motifs is 1. The number of para-hydroxylation sites is 1. The number of benzene rings is 1. The number of aryl methyl sites for hydroxylation is 1. The Bertz CT molecular complexity index is 419. The van der Waals surface area contributed by atoms with Gasteiger partial charge >= 0.3 is 0 Å². The Hall–Kier alpha value is -1.18. The average Bonchev–Trinajstić information content (AvgIpc) is 2.75. The maximum atomic E-state index is 3.63. The van der Waals surface area contributed by atoms with E-state index < -0.39 is 0 Å². The van der Waals surface area contributed by atoms with Crippen molar-refractivity contribution < 1.29 is 0 Å². The van der Waals surface area contributed by atoms with Gasteiger partial charge in [0.15, 0.2) is 0 Å². The minimum Gasteiger partial charge on any atom is -0.383 e. The average molecular weight is 258 g/mol. The normalized spacial score (nSPS) is 20.3. The van der Waals surface area contributed by atoms with Gasteiger partial charge in [0.1, 0.15) is 0 Å². The number of hydrogen-bond donors (Lipinski definition) is 1. The van der Waals surface area contributed by atoms with E-state index in [1.165, 1.54) is 68.3 Å². The zero-order valence-corrected chi connectivity index (χ0v) is 12.1. The molecule has 104 valence electrons. The fraction of sp³-hybridized carbons (Fsp3) is 0.647. The van der Waals surface area contributed by atoms with Crippen molar-refractivity contribution in [1.29, 1.82) is 0 Å². The molecule has 1 aliphatic heterocycles. The van der Waals surface area contributed by atoms with E-state index in [2.05, 4.69) is 35.5 Å². The van der Waals surface area contributed by atoms with E-state index in [-0.39, 0.29) is 0 Å². The summed E-state index contributed by atoms with van der Waals surface area (Å²) in [6, 6.07) is 7.54. The Kier molecular flexibility index (Phi) is 3.95. The molecule has 1 aliphatic carbocycles. The molecule has 2 nitrogen and oxygen atoms in total. The Balaban J connectivity index is 1.84. The molecule has 0 radical (unpaired) electrons. The van der Waals surface area contributed by atoms with Gasteiger partial charge in [0.05, 0.1) is 11.4 Å². The monoisotopic (exact) mass is 258 g/mol. The lowest BCUT2D eigenvalue weighted by Crippen LogP contribution is -2.32. The molecule has 2 heteroatoms. The van der Waals surface area contributed by atoms with Crippen LogP contribution in [0, 0.1) is 0 Å². The zero-order valence-electron chi connectivity index (χ0n) is 12.1. The van der Waals surface area contributed by atoms with Crippen molar-refractivity contribution in [2.24, 2.45) is 0 Å². The second kappa shape index (κ2) is 5.85. The molecule has 0 bridgehead atoms. The van der Waals surface area contributed by atoms with Crippen LogP contribution in [0.25, 0.3) is 0 Å². The summed E-state index contributed by atoms with van der Waals surface area (Å²) in [6.45, 7) is 1.13. The summed E-state index contributed by atoms with van der Waals surface area (Å²) >= 11 is 0. The molecule has 1 fully saturated rings. The highest BCUT2D eigenvalue weighted by atomic mass is 15.2. The van der Waals surface area contributed by atoms with E-state index in [4.69, 9.17) is 0 Å². The largest absolute Gasteiger partial charge is 0.383 e. The number of hydrogen-bond acceptors (Lipinski definition) is 2. The zero-order chi connectivity index (χ0) is 13.1. The first-order chi connectivity index (χ1) is 9.36. The summed E-state index contributed by atoms with van der Waals surface area (Å²) in [5, 5.41) is 3.63. The van der Waals surface area contributed by atoms with Crippen molar-refractivity contribution in [3.05, 3.63) is 23.8 Å². The quantitative estimate of drug-likeness (QED) is 0.800. The van der Waals surface area contributed by atoms with Gasteiger partial charge in [-0.05, 0) is 37.3 Å².